The number of ether oxygens (including phenoxy) is 3. The molecule has 158 valence electrons. The van der Waals surface area contributed by atoms with Gasteiger partial charge in [0, 0.05) is 6.54 Å². The highest BCUT2D eigenvalue weighted by molar-refractivity contribution is 7.71. The summed E-state index contributed by atoms with van der Waals surface area (Å²) in [6.45, 7) is 6.09. The lowest BCUT2D eigenvalue weighted by Crippen LogP contribution is -2.13. The third-order valence-electron chi connectivity index (χ3n) is 4.24. The number of nitrogens with one attached hydrogen (secondary N) is 2. The van der Waals surface area contributed by atoms with Crippen LogP contribution >= 0.6 is 23.6 Å². The number of H-pyrrole nitrogens is 1. The molecular weight excluding hydrogens is 426 g/mol. The molecule has 0 fully saturated rings. The Morgan fingerprint density at radius 1 is 1.30 bits per heavy atom. The second-order valence-electron chi connectivity index (χ2n) is 6.02. The van der Waals surface area contributed by atoms with E-state index in [1.165, 1.54) is 32.7 Å². The van der Waals surface area contributed by atoms with Crippen LogP contribution < -0.4 is 19.5 Å². The fraction of sp³-hybridized carbons (Fsp3) is 0.263. The first-order valence-electron chi connectivity index (χ1n) is 8.79. The Morgan fingerprint density at radius 2 is 2.03 bits per heavy atom. The number of hydrogen-bond donors (Lipinski definition) is 2. The molecule has 3 aromatic rings. The van der Waals surface area contributed by atoms with Crippen LogP contribution in [0.4, 0.5) is 5.13 Å². The van der Waals surface area contributed by atoms with Gasteiger partial charge in [-0.1, -0.05) is 17.4 Å². The van der Waals surface area contributed by atoms with Crippen LogP contribution in [0.1, 0.15) is 16.1 Å². The van der Waals surface area contributed by atoms with Gasteiger partial charge >= 0.3 is 0 Å². The fourth-order valence-corrected chi connectivity index (χ4v) is 4.06. The van der Waals surface area contributed by atoms with Crippen molar-refractivity contribution >= 4 is 34.6 Å². The quantitative estimate of drug-likeness (QED) is 0.399. The number of hydrogen-bond acceptors (Lipinski definition) is 8. The summed E-state index contributed by atoms with van der Waals surface area (Å²) in [6, 6.07) is 3.24. The fourth-order valence-electron chi connectivity index (χ4n) is 2.89. The molecule has 0 radical (unpaired) electrons. The molecule has 0 aliphatic carbocycles. The van der Waals surface area contributed by atoms with Crippen LogP contribution in [0.3, 0.4) is 0 Å². The number of methoxy groups -OCH3 is 3. The number of thiazole rings is 1. The summed E-state index contributed by atoms with van der Waals surface area (Å²) < 4.78 is 18.3. The topological polar surface area (TPSA) is 103 Å². The van der Waals surface area contributed by atoms with E-state index in [-0.39, 0.29) is 5.75 Å². The van der Waals surface area contributed by atoms with E-state index in [0.29, 0.717) is 45.0 Å². The predicted octanol–water partition coefficient (Wildman–Crippen LogP) is 3.84. The van der Waals surface area contributed by atoms with Crippen LogP contribution in [-0.4, -0.2) is 47.0 Å². The molecule has 0 aliphatic rings. The SMILES string of the molecule is C=CCn1c(-c2sc(NC(=O)c3ccc(OC)c(OC)c3OC)nc2C)n[nH]c1=S. The zero-order valence-electron chi connectivity index (χ0n) is 16.9. The summed E-state index contributed by atoms with van der Waals surface area (Å²) in [7, 11) is 4.45. The molecule has 0 saturated heterocycles. The maximum Gasteiger partial charge on any atom is 0.261 e. The Balaban J connectivity index is 1.94. The molecule has 2 aromatic heterocycles. The number of aromatic amines is 1. The highest BCUT2D eigenvalue weighted by atomic mass is 32.1. The molecule has 0 aliphatic heterocycles. The number of allylic oxidation sites excluding steroid dienone is 1. The number of aromatic nitrogens is 4. The third kappa shape index (κ3) is 3.94. The van der Waals surface area contributed by atoms with Crippen molar-refractivity contribution in [3.63, 3.8) is 0 Å². The Labute approximate surface area is 182 Å². The molecule has 0 spiro atoms. The number of amides is 1. The lowest BCUT2D eigenvalue weighted by Gasteiger charge is -2.15. The highest BCUT2D eigenvalue weighted by Gasteiger charge is 2.23. The minimum Gasteiger partial charge on any atom is -0.493 e. The number of aryl methyl sites for hydroxylation is 1. The molecule has 9 nitrogen and oxygen atoms in total. The van der Waals surface area contributed by atoms with Crippen LogP contribution in [0.2, 0.25) is 0 Å². The smallest absolute Gasteiger partial charge is 0.261 e. The van der Waals surface area contributed by atoms with E-state index < -0.39 is 5.91 Å². The number of carbonyl (C=O) groups excluding carboxylic acids is 1. The van der Waals surface area contributed by atoms with Crippen molar-refractivity contribution in [2.24, 2.45) is 0 Å². The van der Waals surface area contributed by atoms with Crippen molar-refractivity contribution in [3.8, 4) is 28.0 Å². The Morgan fingerprint density at radius 3 is 2.67 bits per heavy atom. The normalized spacial score (nSPS) is 10.5. The molecule has 0 bridgehead atoms. The summed E-state index contributed by atoms with van der Waals surface area (Å²) in [6.07, 6.45) is 1.73. The van der Waals surface area contributed by atoms with Gasteiger partial charge in [0.15, 0.2) is 27.2 Å². The Hall–Kier alpha value is -3.18. The minimum absolute atomic E-state index is 0.273. The largest absolute Gasteiger partial charge is 0.493 e. The second-order valence-corrected chi connectivity index (χ2v) is 7.41. The summed E-state index contributed by atoms with van der Waals surface area (Å²) in [5.41, 5.74) is 1.01. The van der Waals surface area contributed by atoms with Gasteiger partial charge in [-0.05, 0) is 31.3 Å². The van der Waals surface area contributed by atoms with E-state index in [9.17, 15) is 4.79 Å². The van der Waals surface area contributed by atoms with E-state index in [1.807, 2.05) is 11.5 Å². The van der Waals surface area contributed by atoms with Gasteiger partial charge in [-0.15, -0.1) is 6.58 Å². The van der Waals surface area contributed by atoms with Crippen LogP contribution in [0.15, 0.2) is 24.8 Å². The number of benzene rings is 1. The Bertz CT molecular complexity index is 1150. The monoisotopic (exact) mass is 447 g/mol. The number of rotatable bonds is 8. The van der Waals surface area contributed by atoms with Gasteiger partial charge in [-0.3, -0.25) is 19.8 Å². The molecule has 3 rings (SSSR count). The molecule has 2 N–H and O–H groups in total. The lowest BCUT2D eigenvalue weighted by molar-refractivity contribution is 0.102. The van der Waals surface area contributed by atoms with Gasteiger partial charge < -0.3 is 14.2 Å². The van der Waals surface area contributed by atoms with Gasteiger partial charge in [0.05, 0.1) is 37.5 Å². The zero-order chi connectivity index (χ0) is 21.8. The lowest BCUT2D eigenvalue weighted by atomic mass is 10.1. The van der Waals surface area contributed by atoms with Crippen molar-refractivity contribution in [3.05, 3.63) is 40.8 Å². The van der Waals surface area contributed by atoms with Crippen molar-refractivity contribution in [1.29, 1.82) is 0 Å². The third-order valence-corrected chi connectivity index (χ3v) is 5.62. The Kier molecular flexibility index (Phi) is 6.53. The van der Waals surface area contributed by atoms with Gasteiger partial charge in [-0.25, -0.2) is 4.98 Å². The van der Waals surface area contributed by atoms with Gasteiger partial charge in [0.25, 0.3) is 5.91 Å². The van der Waals surface area contributed by atoms with Crippen LogP contribution in [-0.2, 0) is 6.54 Å². The van der Waals surface area contributed by atoms with Gasteiger partial charge in [0.2, 0.25) is 5.75 Å². The van der Waals surface area contributed by atoms with E-state index in [1.54, 1.807) is 18.2 Å². The first kappa shape index (κ1) is 21.5. The molecule has 0 unspecified atom stereocenters. The zero-order valence-corrected chi connectivity index (χ0v) is 18.6. The van der Waals surface area contributed by atoms with Gasteiger partial charge in [0.1, 0.15) is 0 Å². The predicted molar refractivity (Wildman–Crippen MR) is 118 cm³/mol. The standard InChI is InChI=1S/C19H21N5O4S2/c1-6-9-24-16(22-23-19(24)29)15-10(2)20-18(30-15)21-17(25)11-7-8-12(26-3)14(28-5)13(11)27-4/h6-8H,1,9H2,2-5H3,(H,23,29)(H,20,21,25). The number of anilines is 1. The van der Waals surface area contributed by atoms with E-state index in [0.717, 1.165) is 4.88 Å². The van der Waals surface area contributed by atoms with Crippen molar-refractivity contribution < 1.29 is 19.0 Å². The minimum atomic E-state index is -0.391. The van der Waals surface area contributed by atoms with E-state index in [2.05, 4.69) is 27.1 Å². The molecule has 0 saturated carbocycles. The maximum atomic E-state index is 12.9. The van der Waals surface area contributed by atoms with Crippen molar-refractivity contribution in [1.82, 2.24) is 19.7 Å². The second kappa shape index (κ2) is 9.09. The summed E-state index contributed by atoms with van der Waals surface area (Å²) >= 11 is 6.57. The van der Waals surface area contributed by atoms with Crippen molar-refractivity contribution in [2.75, 3.05) is 26.6 Å². The van der Waals surface area contributed by atoms with Crippen molar-refractivity contribution in [2.45, 2.75) is 13.5 Å². The molecule has 0 atom stereocenters. The van der Waals surface area contributed by atoms with Crippen LogP contribution in [0.5, 0.6) is 17.2 Å². The first-order chi connectivity index (χ1) is 14.4. The summed E-state index contributed by atoms with van der Waals surface area (Å²) in [5.74, 6) is 1.32. The van der Waals surface area contributed by atoms with Crippen LogP contribution in [0.25, 0.3) is 10.7 Å². The average Bonchev–Trinajstić information content (AvgIpc) is 3.28. The average molecular weight is 448 g/mol. The molecule has 1 aromatic carbocycles. The molecule has 2 heterocycles. The number of nitrogens with zero attached hydrogens (tertiary/aromatic N) is 3. The maximum absolute atomic E-state index is 12.9. The summed E-state index contributed by atoms with van der Waals surface area (Å²) in [5, 5.41) is 10.3. The summed E-state index contributed by atoms with van der Waals surface area (Å²) in [4.78, 5) is 18.2. The van der Waals surface area contributed by atoms with Gasteiger partial charge in [-0.2, -0.15) is 5.10 Å². The van der Waals surface area contributed by atoms with E-state index in [4.69, 9.17) is 26.4 Å². The highest BCUT2D eigenvalue weighted by Crippen LogP contribution is 2.40. The first-order valence-corrected chi connectivity index (χ1v) is 10.0. The molecule has 1 amide bonds. The molecule has 30 heavy (non-hydrogen) atoms. The number of carbonyl (C=O) groups is 1. The van der Waals surface area contributed by atoms with Crippen LogP contribution in [0, 0.1) is 11.7 Å². The molecular formula is C19H21N5O4S2. The van der Waals surface area contributed by atoms with E-state index >= 15 is 0 Å². The molecule has 11 heteroatoms.